The van der Waals surface area contributed by atoms with Crippen LogP contribution >= 0.6 is 0 Å². The zero-order valence-corrected chi connectivity index (χ0v) is 15.8. The number of Topliss-reactive ketones (excluding diaryl/α,β-unsaturated/α-hetero) is 1. The molecule has 22 heavy (non-hydrogen) atoms. The number of rotatable bonds is 6. The van der Waals surface area contributed by atoms with E-state index in [0.717, 1.165) is 5.56 Å². The highest BCUT2D eigenvalue weighted by molar-refractivity contribution is 7.16. The Balaban J connectivity index is 3.51. The molecule has 0 unspecified atom stereocenters. The summed E-state index contributed by atoms with van der Waals surface area (Å²) in [4.78, 5) is 16.6. The van der Waals surface area contributed by atoms with Crippen LogP contribution in [0, 0.1) is 6.92 Å². The fourth-order valence-electron chi connectivity index (χ4n) is 4.07. The number of carbonyl (C=O) groups is 1. The Labute approximate surface area is 135 Å². The van der Waals surface area contributed by atoms with Crippen molar-refractivity contribution in [2.75, 3.05) is 0 Å². The molecule has 0 amide bonds. The second-order valence-electron chi connectivity index (χ2n) is 7.04. The zero-order chi connectivity index (χ0) is 17.1. The Morgan fingerprint density at radius 3 is 1.91 bits per heavy atom. The van der Waals surface area contributed by atoms with Gasteiger partial charge < -0.3 is 5.53 Å². The molecule has 3 nitrogen and oxygen atoms in total. The number of nitrogens with zero attached hydrogens (tertiary/aromatic N) is 2. The third-order valence-electron chi connectivity index (χ3n) is 4.87. The van der Waals surface area contributed by atoms with Gasteiger partial charge in [-0.2, -0.15) is 4.79 Å². The van der Waals surface area contributed by atoms with Crippen molar-refractivity contribution < 1.29 is 9.58 Å². The maximum absolute atomic E-state index is 13.0. The van der Waals surface area contributed by atoms with Gasteiger partial charge in [0, 0.05) is 5.56 Å². The molecular formula is C18H28N2OSi. The summed E-state index contributed by atoms with van der Waals surface area (Å²) in [7, 11) is -2.27. The van der Waals surface area contributed by atoms with Gasteiger partial charge in [0.15, 0.2) is 0 Å². The molecule has 1 aromatic carbocycles. The summed E-state index contributed by atoms with van der Waals surface area (Å²) in [5.41, 5.74) is 12.3. The van der Waals surface area contributed by atoms with Crippen molar-refractivity contribution in [3.8, 4) is 0 Å². The van der Waals surface area contributed by atoms with Gasteiger partial charge in [-0.1, -0.05) is 65.3 Å². The summed E-state index contributed by atoms with van der Waals surface area (Å²) >= 11 is 0. The van der Waals surface area contributed by atoms with E-state index in [4.69, 9.17) is 0 Å². The van der Waals surface area contributed by atoms with E-state index in [9.17, 15) is 10.3 Å². The summed E-state index contributed by atoms with van der Waals surface area (Å²) in [6, 6.07) is 7.51. The van der Waals surface area contributed by atoms with E-state index in [2.05, 4.69) is 46.3 Å². The molecule has 0 saturated carbocycles. The minimum Gasteiger partial charge on any atom is -0.362 e. The maximum Gasteiger partial charge on any atom is 0.306 e. The first-order valence-electron chi connectivity index (χ1n) is 8.03. The van der Waals surface area contributed by atoms with E-state index >= 15 is 0 Å². The van der Waals surface area contributed by atoms with E-state index in [-0.39, 0.29) is 5.78 Å². The second-order valence-corrected chi connectivity index (χ2v) is 12.8. The predicted octanol–water partition coefficient (Wildman–Crippen LogP) is 5.07. The number of benzene rings is 1. The standard InChI is InChI=1S/C18H28N2OSi/c1-12(2)22(13(3)4,14(5)6)18(20-19)17(21)16-10-8-9-15(7)11-16/h8-14H,1-7H3. The predicted molar refractivity (Wildman–Crippen MR) is 95.2 cm³/mol. The minimum absolute atomic E-state index is 0.117. The number of hydrogen-bond donors (Lipinski definition) is 0. The molecule has 0 radical (unpaired) electrons. The number of ketones is 1. The van der Waals surface area contributed by atoms with Crippen molar-refractivity contribution in [2.45, 2.75) is 65.1 Å². The second kappa shape index (κ2) is 7.17. The summed E-state index contributed by atoms with van der Waals surface area (Å²) in [5.74, 6) is -0.117. The molecule has 0 saturated heterocycles. The lowest BCUT2D eigenvalue weighted by molar-refractivity contribution is -0.00296. The molecule has 120 valence electrons. The summed E-state index contributed by atoms with van der Waals surface area (Å²) in [5, 5.41) is 0.415. The summed E-state index contributed by atoms with van der Waals surface area (Å²) < 4.78 is 0. The van der Waals surface area contributed by atoms with Gasteiger partial charge in [-0.15, -0.1) is 0 Å². The SMILES string of the molecule is Cc1cccc(C(=O)C(=[N+]=[N-])[Si](C(C)C)(C(C)C)C(C)C)c1. The van der Waals surface area contributed by atoms with Crippen molar-refractivity contribution in [1.82, 2.24) is 0 Å². The van der Waals surface area contributed by atoms with Gasteiger partial charge in [-0.25, -0.2) is 0 Å². The van der Waals surface area contributed by atoms with Crippen LogP contribution in [0.1, 0.15) is 57.5 Å². The monoisotopic (exact) mass is 316 g/mol. The highest BCUT2D eigenvalue weighted by Crippen LogP contribution is 2.42. The maximum atomic E-state index is 13.0. The normalized spacial score (nSPS) is 11.9. The average molecular weight is 317 g/mol. The Morgan fingerprint density at radius 1 is 1.05 bits per heavy atom. The molecule has 0 aromatic heterocycles. The Bertz CT molecular complexity index is 577. The van der Waals surface area contributed by atoms with Crippen LogP contribution in [0.2, 0.25) is 16.6 Å². The van der Waals surface area contributed by atoms with Gasteiger partial charge in [0.25, 0.3) is 5.78 Å². The fraction of sp³-hybridized carbons (Fsp3) is 0.556. The van der Waals surface area contributed by atoms with Crippen molar-refractivity contribution in [2.24, 2.45) is 0 Å². The van der Waals surface area contributed by atoms with Crippen LogP contribution in [0.15, 0.2) is 24.3 Å². The Morgan fingerprint density at radius 2 is 1.55 bits per heavy atom. The van der Waals surface area contributed by atoms with Crippen molar-refractivity contribution in [3.63, 3.8) is 0 Å². The van der Waals surface area contributed by atoms with Gasteiger partial charge >= 0.3 is 5.33 Å². The molecule has 0 aliphatic rings. The molecule has 0 aliphatic heterocycles. The molecule has 0 fully saturated rings. The van der Waals surface area contributed by atoms with E-state index in [1.165, 1.54) is 0 Å². The first-order valence-corrected chi connectivity index (χ1v) is 10.3. The fourth-order valence-corrected chi connectivity index (χ4v) is 10.4. The van der Waals surface area contributed by atoms with E-state index in [1.807, 2.05) is 25.1 Å². The molecule has 1 aromatic rings. The minimum atomic E-state index is -2.27. The van der Waals surface area contributed by atoms with Gasteiger partial charge in [-0.3, -0.25) is 4.79 Å². The zero-order valence-electron chi connectivity index (χ0n) is 14.8. The van der Waals surface area contributed by atoms with Gasteiger partial charge in [0.2, 0.25) is 8.07 Å². The Hall–Kier alpha value is -1.51. The average Bonchev–Trinajstić information content (AvgIpc) is 2.42. The van der Waals surface area contributed by atoms with Gasteiger partial charge in [-0.05, 0) is 29.6 Å². The lowest BCUT2D eigenvalue weighted by Crippen LogP contribution is -2.56. The lowest BCUT2D eigenvalue weighted by Gasteiger charge is -2.37. The first kappa shape index (κ1) is 18.5. The topological polar surface area (TPSA) is 53.5 Å². The molecule has 1 rings (SSSR count). The van der Waals surface area contributed by atoms with E-state index < -0.39 is 8.07 Å². The smallest absolute Gasteiger partial charge is 0.306 e. The molecule has 0 spiro atoms. The van der Waals surface area contributed by atoms with Crippen molar-refractivity contribution >= 4 is 19.2 Å². The number of hydrogen-bond acceptors (Lipinski definition) is 1. The van der Waals surface area contributed by atoms with Crippen LogP contribution < -0.4 is 0 Å². The van der Waals surface area contributed by atoms with Crippen molar-refractivity contribution in [1.29, 1.82) is 0 Å². The molecule has 0 atom stereocenters. The molecule has 0 N–H and O–H groups in total. The van der Waals surface area contributed by atoms with Gasteiger partial charge in [0.05, 0.1) is 0 Å². The molecule has 0 bridgehead atoms. The van der Waals surface area contributed by atoms with Crippen LogP contribution in [-0.2, 0) is 0 Å². The van der Waals surface area contributed by atoms with Crippen LogP contribution in [-0.4, -0.2) is 24.0 Å². The summed E-state index contributed by atoms with van der Waals surface area (Å²) in [6.45, 7) is 14.9. The van der Waals surface area contributed by atoms with Crippen LogP contribution in [0.5, 0.6) is 0 Å². The third-order valence-corrected chi connectivity index (χ3v) is 11.8. The molecule has 0 aliphatic carbocycles. The summed E-state index contributed by atoms with van der Waals surface area (Å²) in [6.07, 6.45) is 0. The van der Waals surface area contributed by atoms with Crippen molar-refractivity contribution in [3.05, 3.63) is 40.9 Å². The lowest BCUT2D eigenvalue weighted by atomic mass is 10.1. The van der Waals surface area contributed by atoms with E-state index in [0.29, 0.717) is 27.5 Å². The molecule has 4 heteroatoms. The number of carbonyl (C=O) groups excluding carboxylic acids is 1. The van der Waals surface area contributed by atoms with Gasteiger partial charge in [0.1, 0.15) is 0 Å². The quantitative estimate of drug-likeness (QED) is 0.238. The van der Waals surface area contributed by atoms with Crippen LogP contribution in [0.3, 0.4) is 0 Å². The highest BCUT2D eigenvalue weighted by Gasteiger charge is 2.56. The largest absolute Gasteiger partial charge is 0.362 e. The Kier molecular flexibility index (Phi) is 6.04. The molecule has 0 heterocycles. The van der Waals surface area contributed by atoms with Crippen LogP contribution in [0.25, 0.3) is 5.53 Å². The number of aryl methyl sites for hydroxylation is 1. The third kappa shape index (κ3) is 3.13. The first-order chi connectivity index (χ1) is 10.2. The van der Waals surface area contributed by atoms with E-state index in [1.54, 1.807) is 6.07 Å². The van der Waals surface area contributed by atoms with Crippen LogP contribution in [0.4, 0.5) is 0 Å². The molecular weight excluding hydrogens is 288 g/mol. The highest BCUT2D eigenvalue weighted by atomic mass is 28.3.